The second-order valence-electron chi connectivity index (χ2n) is 5.16. The first-order chi connectivity index (χ1) is 8.66. The molecule has 1 fully saturated rings. The largest absolute Gasteiger partial charge is 0.316 e. The Hall–Kier alpha value is -1.22. The van der Waals surface area contributed by atoms with Gasteiger partial charge in [0.25, 0.3) is 0 Å². The van der Waals surface area contributed by atoms with Crippen LogP contribution in [0.15, 0.2) is 18.2 Å². The van der Waals surface area contributed by atoms with E-state index in [-0.39, 0.29) is 11.3 Å². The molecule has 1 N–H and O–H groups in total. The van der Waals surface area contributed by atoms with E-state index in [1.54, 1.807) is 12.1 Å². The van der Waals surface area contributed by atoms with Crippen LogP contribution in [0.4, 0.5) is 4.39 Å². The van der Waals surface area contributed by atoms with Gasteiger partial charge in [0.15, 0.2) is 5.78 Å². The molecular formula is C15H20FNO. The van der Waals surface area contributed by atoms with Gasteiger partial charge < -0.3 is 5.32 Å². The van der Waals surface area contributed by atoms with Crippen molar-refractivity contribution in [1.29, 1.82) is 0 Å². The van der Waals surface area contributed by atoms with Gasteiger partial charge in [0.2, 0.25) is 0 Å². The Morgan fingerprint density at radius 3 is 3.06 bits per heavy atom. The number of benzene rings is 1. The topological polar surface area (TPSA) is 29.1 Å². The number of nitrogens with one attached hydrogen (secondary N) is 1. The van der Waals surface area contributed by atoms with E-state index < -0.39 is 5.82 Å². The Bertz CT molecular complexity index is 425. The number of hydrogen-bond acceptors (Lipinski definition) is 2. The minimum atomic E-state index is -0.396. The summed E-state index contributed by atoms with van der Waals surface area (Å²) < 4.78 is 13.6. The van der Waals surface area contributed by atoms with Gasteiger partial charge in [-0.05, 0) is 57.3 Å². The Morgan fingerprint density at radius 1 is 1.50 bits per heavy atom. The molecule has 1 aliphatic heterocycles. The molecule has 0 aromatic heterocycles. The fourth-order valence-electron chi connectivity index (χ4n) is 2.49. The number of carbonyl (C=O) groups excluding carboxylic acids is 1. The van der Waals surface area contributed by atoms with E-state index in [9.17, 15) is 9.18 Å². The highest BCUT2D eigenvalue weighted by molar-refractivity contribution is 5.96. The Morgan fingerprint density at radius 2 is 2.33 bits per heavy atom. The average Bonchev–Trinajstić information content (AvgIpc) is 2.40. The van der Waals surface area contributed by atoms with E-state index in [1.165, 1.54) is 18.9 Å². The third-order valence-corrected chi connectivity index (χ3v) is 3.60. The van der Waals surface area contributed by atoms with E-state index in [1.807, 2.05) is 6.92 Å². The molecule has 0 aliphatic carbocycles. The van der Waals surface area contributed by atoms with Crippen molar-refractivity contribution in [1.82, 2.24) is 5.32 Å². The lowest BCUT2D eigenvalue weighted by atomic mass is 9.92. The first kappa shape index (κ1) is 13.2. The lowest BCUT2D eigenvalue weighted by Crippen LogP contribution is -2.30. The molecule has 18 heavy (non-hydrogen) atoms. The quantitative estimate of drug-likeness (QED) is 0.831. The zero-order valence-electron chi connectivity index (χ0n) is 10.8. The summed E-state index contributed by atoms with van der Waals surface area (Å²) in [6, 6.07) is 4.72. The van der Waals surface area contributed by atoms with E-state index in [2.05, 4.69) is 5.32 Å². The van der Waals surface area contributed by atoms with Crippen LogP contribution in [0.3, 0.4) is 0 Å². The summed E-state index contributed by atoms with van der Waals surface area (Å²) in [6.45, 7) is 3.95. The number of hydrogen-bond donors (Lipinski definition) is 1. The summed E-state index contributed by atoms with van der Waals surface area (Å²) in [4.78, 5) is 12.0. The van der Waals surface area contributed by atoms with Gasteiger partial charge in [-0.3, -0.25) is 4.79 Å². The molecule has 0 saturated carbocycles. The molecule has 1 aliphatic rings. The minimum Gasteiger partial charge on any atom is -0.316 e. The van der Waals surface area contributed by atoms with Crippen LogP contribution in [-0.2, 0) is 0 Å². The molecule has 1 aromatic carbocycles. The van der Waals surface area contributed by atoms with Crippen molar-refractivity contribution in [2.45, 2.75) is 32.6 Å². The SMILES string of the molecule is Cc1ccc(F)c(C(=O)CCC2CCCNC2)c1. The number of carbonyl (C=O) groups is 1. The van der Waals surface area contributed by atoms with Gasteiger partial charge in [-0.1, -0.05) is 11.6 Å². The van der Waals surface area contributed by atoms with Crippen LogP contribution in [0, 0.1) is 18.7 Å². The summed E-state index contributed by atoms with van der Waals surface area (Å²) in [6.07, 6.45) is 3.67. The third-order valence-electron chi connectivity index (χ3n) is 3.60. The van der Waals surface area contributed by atoms with Crippen molar-refractivity contribution >= 4 is 5.78 Å². The van der Waals surface area contributed by atoms with Gasteiger partial charge in [-0.25, -0.2) is 4.39 Å². The number of piperidine rings is 1. The van der Waals surface area contributed by atoms with Gasteiger partial charge in [0.1, 0.15) is 5.82 Å². The van der Waals surface area contributed by atoms with Crippen molar-refractivity contribution in [3.63, 3.8) is 0 Å². The maximum atomic E-state index is 13.6. The predicted octanol–water partition coefficient (Wildman–Crippen LogP) is 3.10. The smallest absolute Gasteiger partial charge is 0.165 e. The molecule has 1 saturated heterocycles. The first-order valence-electron chi connectivity index (χ1n) is 6.67. The summed E-state index contributed by atoms with van der Waals surface area (Å²) in [5.41, 5.74) is 1.18. The number of ketones is 1. The van der Waals surface area contributed by atoms with Crippen LogP contribution >= 0.6 is 0 Å². The lowest BCUT2D eigenvalue weighted by molar-refractivity contribution is 0.0967. The molecule has 0 amide bonds. The van der Waals surface area contributed by atoms with Crippen molar-refractivity contribution in [2.75, 3.05) is 13.1 Å². The van der Waals surface area contributed by atoms with Gasteiger partial charge in [-0.2, -0.15) is 0 Å². The highest BCUT2D eigenvalue weighted by Crippen LogP contribution is 2.19. The monoisotopic (exact) mass is 249 g/mol. The normalized spacial score (nSPS) is 19.8. The molecule has 3 heteroatoms. The fourth-order valence-corrected chi connectivity index (χ4v) is 2.49. The molecule has 0 spiro atoms. The molecule has 0 radical (unpaired) electrons. The Balaban J connectivity index is 1.92. The molecule has 1 unspecified atom stereocenters. The molecule has 0 bridgehead atoms. The zero-order chi connectivity index (χ0) is 13.0. The van der Waals surface area contributed by atoms with Gasteiger partial charge in [0, 0.05) is 6.42 Å². The zero-order valence-corrected chi connectivity index (χ0v) is 10.8. The summed E-state index contributed by atoms with van der Waals surface area (Å²) >= 11 is 0. The van der Waals surface area contributed by atoms with Crippen molar-refractivity contribution < 1.29 is 9.18 Å². The fraction of sp³-hybridized carbons (Fsp3) is 0.533. The Kier molecular flexibility index (Phi) is 4.48. The maximum absolute atomic E-state index is 13.6. The van der Waals surface area contributed by atoms with E-state index >= 15 is 0 Å². The van der Waals surface area contributed by atoms with Crippen molar-refractivity contribution in [2.24, 2.45) is 5.92 Å². The van der Waals surface area contributed by atoms with E-state index in [0.717, 1.165) is 25.1 Å². The molecule has 2 rings (SSSR count). The number of aryl methyl sites for hydroxylation is 1. The summed E-state index contributed by atoms with van der Waals surface area (Å²) in [5.74, 6) is 0.102. The van der Waals surface area contributed by atoms with Crippen LogP contribution in [0.25, 0.3) is 0 Å². The molecule has 1 heterocycles. The first-order valence-corrected chi connectivity index (χ1v) is 6.67. The maximum Gasteiger partial charge on any atom is 0.165 e. The second kappa shape index (κ2) is 6.10. The molecule has 2 nitrogen and oxygen atoms in total. The number of Topliss-reactive ketones (excluding diaryl/α,β-unsaturated/α-hetero) is 1. The molecule has 1 aromatic rings. The van der Waals surface area contributed by atoms with Crippen LogP contribution < -0.4 is 5.32 Å². The van der Waals surface area contributed by atoms with Gasteiger partial charge in [0.05, 0.1) is 5.56 Å². The predicted molar refractivity (Wildman–Crippen MR) is 70.3 cm³/mol. The highest BCUT2D eigenvalue weighted by Gasteiger charge is 2.17. The third kappa shape index (κ3) is 3.39. The van der Waals surface area contributed by atoms with Crippen LogP contribution in [-0.4, -0.2) is 18.9 Å². The number of rotatable bonds is 4. The summed E-state index contributed by atoms with van der Waals surface area (Å²) in [5, 5.41) is 3.33. The minimum absolute atomic E-state index is 0.0678. The van der Waals surface area contributed by atoms with Crippen molar-refractivity contribution in [3.8, 4) is 0 Å². The standard InChI is InChI=1S/C15H20FNO/c1-11-4-6-14(16)13(9-11)15(18)7-5-12-3-2-8-17-10-12/h4,6,9,12,17H,2-3,5,7-8,10H2,1H3. The molecular weight excluding hydrogens is 229 g/mol. The van der Waals surface area contributed by atoms with Crippen molar-refractivity contribution in [3.05, 3.63) is 35.1 Å². The highest BCUT2D eigenvalue weighted by atomic mass is 19.1. The van der Waals surface area contributed by atoms with Gasteiger partial charge in [-0.15, -0.1) is 0 Å². The van der Waals surface area contributed by atoms with E-state index in [4.69, 9.17) is 0 Å². The molecule has 1 atom stereocenters. The average molecular weight is 249 g/mol. The van der Waals surface area contributed by atoms with Crippen LogP contribution in [0.1, 0.15) is 41.6 Å². The van der Waals surface area contributed by atoms with Crippen LogP contribution in [0.2, 0.25) is 0 Å². The van der Waals surface area contributed by atoms with Gasteiger partial charge >= 0.3 is 0 Å². The lowest BCUT2D eigenvalue weighted by Gasteiger charge is -2.22. The van der Waals surface area contributed by atoms with Crippen LogP contribution in [0.5, 0.6) is 0 Å². The van der Waals surface area contributed by atoms with E-state index in [0.29, 0.717) is 12.3 Å². The summed E-state index contributed by atoms with van der Waals surface area (Å²) in [7, 11) is 0. The second-order valence-corrected chi connectivity index (χ2v) is 5.16. The molecule has 98 valence electrons. The Labute approximate surface area is 108 Å². The number of halogens is 1.